The SMILES string of the molecule is CC1=C(Cc2ccc(OCC3(C)OCc4cc(F)ccc43)cc2)CC([C@@H]2O[C@H](COc3cc(F)c4c(c3)C(C)(COc3ccc(Cc5cc([C@@H]6O[C@H](COc7ccc8c(c7C)C(C)(COc7ccc(Cc9cc([C@@H]%10O[C@H](CO)[C@@H](O)[C@H](O)[C@H]%10O)ccc9Cl)cc7)OC8)[C@@H](O)[C@H](O)[C@H]6O)ccc5C)cc3)OC4)[C@@H](O)[C@H](O)[C@H]2O)C=C1. The van der Waals surface area contributed by atoms with Crippen LogP contribution in [0.2, 0.25) is 5.02 Å². The Bertz CT molecular complexity index is 4850. The van der Waals surface area contributed by atoms with Crippen molar-refractivity contribution in [1.82, 2.24) is 0 Å². The Kier molecular flexibility index (Phi) is 23.7. The van der Waals surface area contributed by atoms with Crippen LogP contribution in [0.25, 0.3) is 0 Å². The predicted molar refractivity (Wildman–Crippen MR) is 414 cm³/mol. The summed E-state index contributed by atoms with van der Waals surface area (Å²) in [5.74, 6) is 1.21. The van der Waals surface area contributed by atoms with E-state index in [1.165, 1.54) is 18.2 Å². The molecule has 1 aliphatic carbocycles. The van der Waals surface area contributed by atoms with Crippen LogP contribution in [-0.2, 0) is 84.3 Å². The molecule has 24 heteroatoms. The van der Waals surface area contributed by atoms with E-state index in [0.29, 0.717) is 89.2 Å². The molecule has 7 aliphatic rings. The first kappa shape index (κ1) is 80.9. The van der Waals surface area contributed by atoms with Gasteiger partial charge in [0.15, 0.2) is 0 Å². The molecule has 15 rings (SSSR count). The number of ether oxygens (including phenoxy) is 11. The molecule has 3 saturated heterocycles. The van der Waals surface area contributed by atoms with E-state index < -0.39 is 121 Å². The number of fused-ring (bicyclic) bond motifs is 3. The fraction of sp³-hybridized carbons (Fsp3) is 0.422. The van der Waals surface area contributed by atoms with E-state index in [0.717, 1.165) is 72.3 Å². The minimum Gasteiger partial charge on any atom is -0.491 e. The number of rotatable bonds is 25. The maximum absolute atomic E-state index is 16.0. The van der Waals surface area contributed by atoms with Gasteiger partial charge in [0.2, 0.25) is 0 Å². The maximum Gasteiger partial charge on any atom is 0.132 e. The van der Waals surface area contributed by atoms with Gasteiger partial charge in [-0.25, -0.2) is 8.78 Å². The second kappa shape index (κ2) is 33.4. The predicted octanol–water partition coefficient (Wildman–Crippen LogP) is 10.4. The third-order valence-corrected chi connectivity index (χ3v) is 24.2. The van der Waals surface area contributed by atoms with E-state index in [9.17, 15) is 55.5 Å². The summed E-state index contributed by atoms with van der Waals surface area (Å²) < 4.78 is 98.8. The number of hydrogen-bond acceptors (Lipinski definition) is 21. The Labute approximate surface area is 665 Å². The zero-order valence-electron chi connectivity index (χ0n) is 64.1. The fourth-order valence-electron chi connectivity index (χ4n) is 16.9. The lowest BCUT2D eigenvalue weighted by Gasteiger charge is -2.43. The van der Waals surface area contributed by atoms with Gasteiger partial charge in [-0.15, -0.1) is 0 Å². The number of aliphatic hydroxyl groups is 10. The van der Waals surface area contributed by atoms with Crippen LogP contribution in [0.1, 0.15) is 130 Å². The van der Waals surface area contributed by atoms with Crippen LogP contribution in [0.5, 0.6) is 28.7 Å². The Balaban J connectivity index is 0.529. The molecule has 3 fully saturated rings. The minimum absolute atomic E-state index is 0.00762. The summed E-state index contributed by atoms with van der Waals surface area (Å²) in [5.41, 5.74) is 11.3. The molecule has 604 valence electrons. The molecule has 0 radical (unpaired) electrons. The first-order valence-electron chi connectivity index (χ1n) is 38.7. The van der Waals surface area contributed by atoms with Crippen LogP contribution in [-0.4, -0.2) is 170 Å². The lowest BCUT2D eigenvalue weighted by atomic mass is 9.79. The van der Waals surface area contributed by atoms with Crippen molar-refractivity contribution >= 4 is 11.6 Å². The van der Waals surface area contributed by atoms with Gasteiger partial charge in [-0.1, -0.05) is 114 Å². The van der Waals surface area contributed by atoms with Crippen molar-refractivity contribution in [2.24, 2.45) is 5.92 Å². The van der Waals surface area contributed by atoms with Gasteiger partial charge < -0.3 is 103 Å². The topological polar surface area (TPSA) is 304 Å². The summed E-state index contributed by atoms with van der Waals surface area (Å²) in [7, 11) is 0. The molecule has 6 heterocycles. The molecule has 4 unspecified atom stereocenters. The quantitative estimate of drug-likeness (QED) is 0.0254. The summed E-state index contributed by atoms with van der Waals surface area (Å²) >= 11 is 6.64. The Hall–Kier alpha value is -8.25. The molecule has 0 spiro atoms. The van der Waals surface area contributed by atoms with Crippen molar-refractivity contribution in [3.8, 4) is 28.7 Å². The van der Waals surface area contributed by atoms with Crippen LogP contribution >= 0.6 is 11.6 Å². The third kappa shape index (κ3) is 16.6. The number of aliphatic hydroxyl groups excluding tert-OH is 10. The molecular weight excluding hydrogens is 1490 g/mol. The lowest BCUT2D eigenvalue weighted by Crippen LogP contribution is -2.60. The first-order valence-corrected chi connectivity index (χ1v) is 39.0. The Morgan fingerprint density at radius 3 is 1.63 bits per heavy atom. The normalized spacial score (nSPS) is 30.4. The van der Waals surface area contributed by atoms with Gasteiger partial charge in [-0.2, -0.15) is 0 Å². The smallest absolute Gasteiger partial charge is 0.132 e. The Morgan fingerprint density at radius 1 is 0.465 bits per heavy atom. The van der Waals surface area contributed by atoms with E-state index in [1.54, 1.807) is 30.3 Å². The molecule has 0 bridgehead atoms. The largest absolute Gasteiger partial charge is 0.491 e. The van der Waals surface area contributed by atoms with E-state index in [2.05, 4.69) is 0 Å². The van der Waals surface area contributed by atoms with Crippen molar-refractivity contribution in [2.45, 2.75) is 195 Å². The van der Waals surface area contributed by atoms with Crippen molar-refractivity contribution in [3.63, 3.8) is 0 Å². The highest BCUT2D eigenvalue weighted by molar-refractivity contribution is 6.31. The zero-order chi connectivity index (χ0) is 80.2. The molecule has 0 saturated carbocycles. The summed E-state index contributed by atoms with van der Waals surface area (Å²) in [4.78, 5) is 0. The molecule has 8 aromatic rings. The highest BCUT2D eigenvalue weighted by Gasteiger charge is 2.50. The number of benzene rings is 8. The average molecular weight is 1590 g/mol. The molecule has 6 aliphatic heterocycles. The van der Waals surface area contributed by atoms with Gasteiger partial charge in [-0.05, 0) is 212 Å². The molecule has 0 amide bonds. The van der Waals surface area contributed by atoms with Crippen molar-refractivity contribution in [1.29, 1.82) is 0 Å². The van der Waals surface area contributed by atoms with Crippen molar-refractivity contribution < 1.29 is 112 Å². The second-order valence-electron chi connectivity index (χ2n) is 31.9. The van der Waals surface area contributed by atoms with Crippen molar-refractivity contribution in [2.75, 3.05) is 39.6 Å². The van der Waals surface area contributed by atoms with E-state index in [1.807, 2.05) is 157 Å². The lowest BCUT2D eigenvalue weighted by molar-refractivity contribution is -0.235. The van der Waals surface area contributed by atoms with Crippen LogP contribution in [0, 0.1) is 31.4 Å². The molecule has 19 atom stereocenters. The van der Waals surface area contributed by atoms with E-state index >= 15 is 4.39 Å². The minimum atomic E-state index is -1.57. The molecule has 10 N–H and O–H groups in total. The Morgan fingerprint density at radius 2 is 0.991 bits per heavy atom. The first-order chi connectivity index (χ1) is 54.6. The molecule has 8 aromatic carbocycles. The summed E-state index contributed by atoms with van der Waals surface area (Å²) in [6.07, 6.45) is -13.6. The zero-order valence-corrected chi connectivity index (χ0v) is 64.9. The number of allylic oxidation sites excluding steroid dienone is 3. The van der Waals surface area contributed by atoms with Gasteiger partial charge in [0.1, 0.15) is 176 Å². The molecule has 0 aromatic heterocycles. The number of aryl methyl sites for hydroxylation is 1. The van der Waals surface area contributed by atoms with Crippen LogP contribution in [0.3, 0.4) is 0 Å². The average Bonchev–Trinajstić information content (AvgIpc) is 1.72. The maximum atomic E-state index is 16.0. The van der Waals surface area contributed by atoms with Gasteiger partial charge in [0.05, 0.1) is 32.5 Å². The van der Waals surface area contributed by atoms with Gasteiger partial charge >= 0.3 is 0 Å². The summed E-state index contributed by atoms with van der Waals surface area (Å²) in [5, 5.41) is 110. The summed E-state index contributed by atoms with van der Waals surface area (Å²) in [6.45, 7) is 11.7. The number of hydrogen-bond donors (Lipinski definition) is 10. The van der Waals surface area contributed by atoms with Gasteiger partial charge in [-0.3, -0.25) is 0 Å². The third-order valence-electron chi connectivity index (χ3n) is 23.9. The van der Waals surface area contributed by atoms with Gasteiger partial charge in [0.25, 0.3) is 0 Å². The van der Waals surface area contributed by atoms with E-state index in [4.69, 9.17) is 63.7 Å². The highest BCUT2D eigenvalue weighted by atomic mass is 35.5. The summed E-state index contributed by atoms with van der Waals surface area (Å²) in [6, 6.07) is 45.0. The fourth-order valence-corrected chi connectivity index (χ4v) is 17.1. The van der Waals surface area contributed by atoms with Crippen LogP contribution in [0.4, 0.5) is 8.78 Å². The number of halogens is 3. The van der Waals surface area contributed by atoms with Gasteiger partial charge in [0, 0.05) is 22.6 Å². The van der Waals surface area contributed by atoms with Crippen LogP contribution in [0.15, 0.2) is 175 Å². The molecule has 21 nitrogen and oxygen atoms in total. The standard InChI is InChI=1S/C90H97ClF2O21/c1-47-7-15-53(32-57(47)29-50-9-20-62(21-10-50)106-44-88(4)67-26-19-61(92)35-60(67)40-109-88)86-83(102)80(99)77(96)73(113-86)42-104-65-36-68-66(70(93)37-65)41-111-89(68,5)45-107-63-22-11-51(12-23-63)30-58-33-54(16-8-48(58)2)87-84(103)81(100)78(97)74(114-87)43-105-71-28-18-56-39-110-90(6,75(56)49(71)3)46-108-64-24-13-52(14-25-64)31-59-34-55(17-27-69(59)91)85-82(101)79(98)76(95)72(38-94)112-85/h7-28,33-37,53,72-74,76-87,94-103H,29-32,38-46H2,1-6H3/t53?,72-,73-,74-,76-,77-,78-,79+,80+,81+,82-,83-,84-,85+,86+,87+,88?,89?,90?/m1/s1. The molecular formula is C90H97ClF2O21. The highest BCUT2D eigenvalue weighted by Crippen LogP contribution is 2.46. The van der Waals surface area contributed by atoms with Crippen molar-refractivity contribution in [3.05, 3.63) is 275 Å². The second-order valence-corrected chi connectivity index (χ2v) is 32.3. The van der Waals surface area contributed by atoms with E-state index in [-0.39, 0.29) is 57.1 Å². The monoisotopic (exact) mass is 1590 g/mol. The molecule has 114 heavy (non-hydrogen) atoms. The van der Waals surface area contributed by atoms with Crippen LogP contribution < -0.4 is 23.7 Å².